The van der Waals surface area contributed by atoms with E-state index in [2.05, 4.69) is 20.4 Å². The van der Waals surface area contributed by atoms with Crippen molar-refractivity contribution in [1.29, 1.82) is 0 Å². The second kappa shape index (κ2) is 15.4. The highest BCUT2D eigenvalue weighted by atomic mass is 16.2. The molecule has 1 rings (SSSR count). The third-order valence-corrected chi connectivity index (χ3v) is 2.76. The van der Waals surface area contributed by atoms with Crippen molar-refractivity contribution in [2.45, 2.75) is 72.6 Å². The highest BCUT2D eigenvalue weighted by Crippen LogP contribution is 2.33. The third-order valence-electron chi connectivity index (χ3n) is 2.76. The molecule has 1 nitrogen and oxygen atoms in total. The molecule has 0 radical (unpaired) electrons. The van der Waals surface area contributed by atoms with Gasteiger partial charge in [0.15, 0.2) is 0 Å². The van der Waals surface area contributed by atoms with Gasteiger partial charge >= 0.3 is 0 Å². The quantitative estimate of drug-likeness (QED) is 0.628. The predicted molar refractivity (Wildman–Crippen MR) is 79.3 cm³/mol. The predicted octanol–water partition coefficient (Wildman–Crippen LogP) is 5.26. The number of unbranched alkanes of at least 4 members (excludes halogenated alkanes) is 1. The molecule has 0 spiro atoms. The first kappa shape index (κ1) is 18.8. The van der Waals surface area contributed by atoms with Gasteiger partial charge in [-0.25, -0.2) is 0 Å². The molecule has 0 aromatic heterocycles. The normalized spacial score (nSPS) is 12.8. The Morgan fingerprint density at radius 1 is 1.12 bits per heavy atom. The summed E-state index contributed by atoms with van der Waals surface area (Å²) in [5.41, 5.74) is 3.18. The summed E-state index contributed by atoms with van der Waals surface area (Å²) in [5.74, 6) is 0. The Kier molecular flexibility index (Phi) is 17.1. The largest absolute Gasteiger partial charge is 0.396 e. The molecular weight excluding hydrogens is 208 g/mol. The Morgan fingerprint density at radius 2 is 1.59 bits per heavy atom. The highest BCUT2D eigenvalue weighted by Gasteiger charge is 2.14. The number of hydrogen-bond donors (Lipinski definition) is 1. The monoisotopic (exact) mass is 240 g/mol. The van der Waals surface area contributed by atoms with Crippen LogP contribution in [-0.4, -0.2) is 11.7 Å². The van der Waals surface area contributed by atoms with E-state index >= 15 is 0 Å². The number of hydrogen-bond acceptors (Lipinski definition) is 1. The van der Waals surface area contributed by atoms with E-state index in [1.165, 1.54) is 32.1 Å². The molecule has 102 valence electrons. The maximum Gasteiger partial charge on any atom is 0.0468 e. The van der Waals surface area contributed by atoms with Crippen molar-refractivity contribution in [1.82, 2.24) is 0 Å². The van der Waals surface area contributed by atoms with Crippen molar-refractivity contribution in [2.24, 2.45) is 0 Å². The molecule has 0 atom stereocenters. The van der Waals surface area contributed by atoms with Crippen LogP contribution in [-0.2, 0) is 0 Å². The van der Waals surface area contributed by atoms with Crippen LogP contribution in [0.25, 0.3) is 0 Å². The maximum absolute atomic E-state index is 8.71. The van der Waals surface area contributed by atoms with Crippen molar-refractivity contribution in [3.05, 3.63) is 23.8 Å². The Morgan fingerprint density at radius 3 is 1.88 bits per heavy atom. The molecule has 0 heterocycles. The van der Waals surface area contributed by atoms with Gasteiger partial charge in [-0.3, -0.25) is 0 Å². The molecule has 0 unspecified atom stereocenters. The summed E-state index contributed by atoms with van der Waals surface area (Å²) in [6.07, 6.45) is 10.3. The van der Waals surface area contributed by atoms with Crippen LogP contribution in [0.3, 0.4) is 0 Å². The molecule has 1 N–H and O–H groups in total. The SMILES string of the molecule is C=CCC.CC.CCCCC1=C(CCO)CC1. The Bertz CT molecular complexity index is 192. The first-order chi connectivity index (χ1) is 8.29. The maximum atomic E-state index is 8.71. The van der Waals surface area contributed by atoms with Crippen molar-refractivity contribution >= 4 is 0 Å². The van der Waals surface area contributed by atoms with Gasteiger partial charge in [0.2, 0.25) is 0 Å². The Hall–Kier alpha value is -0.560. The molecule has 0 aromatic carbocycles. The summed E-state index contributed by atoms with van der Waals surface area (Å²) in [6, 6.07) is 0. The minimum Gasteiger partial charge on any atom is -0.396 e. The van der Waals surface area contributed by atoms with E-state index in [0.29, 0.717) is 6.61 Å². The lowest BCUT2D eigenvalue weighted by molar-refractivity contribution is 0.295. The van der Waals surface area contributed by atoms with Crippen LogP contribution in [0.4, 0.5) is 0 Å². The molecule has 0 amide bonds. The zero-order valence-corrected chi connectivity index (χ0v) is 12.4. The van der Waals surface area contributed by atoms with Gasteiger partial charge in [-0.15, -0.1) is 6.58 Å². The molecule has 0 saturated carbocycles. The van der Waals surface area contributed by atoms with Crippen molar-refractivity contribution < 1.29 is 5.11 Å². The van der Waals surface area contributed by atoms with Crippen molar-refractivity contribution in [3.8, 4) is 0 Å². The lowest BCUT2D eigenvalue weighted by atomic mass is 9.84. The summed E-state index contributed by atoms with van der Waals surface area (Å²) in [6.45, 7) is 12.1. The zero-order valence-electron chi connectivity index (χ0n) is 12.4. The van der Waals surface area contributed by atoms with Crippen molar-refractivity contribution in [2.75, 3.05) is 6.61 Å². The van der Waals surface area contributed by atoms with Crippen LogP contribution >= 0.6 is 0 Å². The van der Waals surface area contributed by atoms with Gasteiger partial charge in [-0.2, -0.15) is 0 Å². The van der Waals surface area contributed by atoms with Crippen LogP contribution in [0, 0.1) is 0 Å². The fraction of sp³-hybridized carbons (Fsp3) is 0.750. The molecule has 1 aliphatic rings. The molecule has 1 aliphatic carbocycles. The zero-order chi connectivity index (χ0) is 13.5. The average Bonchev–Trinajstić information content (AvgIpc) is 2.38. The number of aliphatic hydroxyl groups excluding tert-OH is 1. The summed E-state index contributed by atoms with van der Waals surface area (Å²) < 4.78 is 0. The van der Waals surface area contributed by atoms with E-state index in [4.69, 9.17) is 5.11 Å². The Labute approximate surface area is 109 Å². The first-order valence-electron chi connectivity index (χ1n) is 7.21. The molecular formula is C16H32O. The fourth-order valence-corrected chi connectivity index (χ4v) is 1.61. The second-order valence-corrected chi connectivity index (χ2v) is 3.98. The van der Waals surface area contributed by atoms with Crippen LogP contribution in [0.5, 0.6) is 0 Å². The average molecular weight is 240 g/mol. The number of rotatable bonds is 6. The van der Waals surface area contributed by atoms with E-state index in [9.17, 15) is 0 Å². The van der Waals surface area contributed by atoms with Crippen molar-refractivity contribution in [3.63, 3.8) is 0 Å². The first-order valence-corrected chi connectivity index (χ1v) is 7.21. The minimum absolute atomic E-state index is 0.338. The van der Waals surface area contributed by atoms with Crippen LogP contribution in [0.2, 0.25) is 0 Å². The third kappa shape index (κ3) is 10.3. The Balaban J connectivity index is 0. The molecule has 0 aromatic rings. The van der Waals surface area contributed by atoms with E-state index in [1.807, 2.05) is 19.9 Å². The number of aliphatic hydroxyl groups is 1. The molecule has 0 saturated heterocycles. The molecule has 0 bridgehead atoms. The molecule has 0 fully saturated rings. The standard InChI is InChI=1S/C10H18O.C4H8.C2H6/c1-2-3-4-9-5-6-10(9)7-8-11;1-3-4-2;1-2/h11H,2-8H2,1H3;3H,1,4H2,2H3;1-2H3. The van der Waals surface area contributed by atoms with E-state index < -0.39 is 0 Å². The molecule has 0 aliphatic heterocycles. The highest BCUT2D eigenvalue weighted by molar-refractivity contribution is 5.24. The lowest BCUT2D eigenvalue weighted by Crippen LogP contribution is -2.05. The van der Waals surface area contributed by atoms with Gasteiger partial charge in [-0.05, 0) is 38.5 Å². The van der Waals surface area contributed by atoms with E-state index in [-0.39, 0.29) is 0 Å². The summed E-state index contributed by atoms with van der Waals surface area (Å²) in [7, 11) is 0. The second-order valence-electron chi connectivity index (χ2n) is 3.98. The summed E-state index contributed by atoms with van der Waals surface area (Å²) >= 11 is 0. The van der Waals surface area contributed by atoms with Gasteiger partial charge in [-0.1, -0.05) is 51.3 Å². The lowest BCUT2D eigenvalue weighted by Gasteiger charge is -2.23. The summed E-state index contributed by atoms with van der Waals surface area (Å²) in [5, 5.41) is 8.71. The smallest absolute Gasteiger partial charge is 0.0468 e. The van der Waals surface area contributed by atoms with Crippen LogP contribution < -0.4 is 0 Å². The van der Waals surface area contributed by atoms with E-state index in [1.54, 1.807) is 11.1 Å². The minimum atomic E-state index is 0.338. The van der Waals surface area contributed by atoms with Gasteiger partial charge in [0, 0.05) is 6.61 Å². The molecule has 17 heavy (non-hydrogen) atoms. The van der Waals surface area contributed by atoms with Crippen LogP contribution in [0.15, 0.2) is 23.8 Å². The number of allylic oxidation sites excluding steroid dienone is 2. The molecule has 1 heteroatoms. The topological polar surface area (TPSA) is 20.2 Å². The van der Waals surface area contributed by atoms with Gasteiger partial charge in [0.05, 0.1) is 0 Å². The summed E-state index contributed by atoms with van der Waals surface area (Å²) in [4.78, 5) is 0. The van der Waals surface area contributed by atoms with E-state index in [0.717, 1.165) is 12.8 Å². The van der Waals surface area contributed by atoms with Crippen LogP contribution in [0.1, 0.15) is 72.6 Å². The van der Waals surface area contributed by atoms with Gasteiger partial charge in [0.1, 0.15) is 0 Å². The van der Waals surface area contributed by atoms with Gasteiger partial charge < -0.3 is 5.11 Å². The fourth-order valence-electron chi connectivity index (χ4n) is 1.61. The van der Waals surface area contributed by atoms with Gasteiger partial charge in [0.25, 0.3) is 0 Å².